The molecule has 0 aromatic heterocycles. The second kappa shape index (κ2) is 13.0. The van der Waals surface area contributed by atoms with Crippen LogP contribution in [0.4, 0.5) is 4.79 Å². The minimum Gasteiger partial charge on any atom is -0.464 e. The van der Waals surface area contributed by atoms with Crippen LogP contribution in [0.1, 0.15) is 85.6 Å². The summed E-state index contributed by atoms with van der Waals surface area (Å²) in [5.74, 6) is 0.00122. The lowest BCUT2D eigenvalue weighted by Crippen LogP contribution is -2.30. The number of ether oxygens (including phenoxy) is 4. The van der Waals surface area contributed by atoms with E-state index in [4.69, 9.17) is 18.9 Å². The van der Waals surface area contributed by atoms with E-state index in [9.17, 15) is 9.59 Å². The predicted octanol–water partition coefficient (Wildman–Crippen LogP) is 6.81. The van der Waals surface area contributed by atoms with Crippen LogP contribution in [-0.4, -0.2) is 42.4 Å². The fourth-order valence-electron chi connectivity index (χ4n) is 5.48. The molecule has 2 aliphatic rings. The molecular formula is C33H43NO6. The molecule has 40 heavy (non-hydrogen) atoms. The molecule has 1 saturated heterocycles. The third kappa shape index (κ3) is 7.12. The zero-order valence-electron chi connectivity index (χ0n) is 24.7. The van der Waals surface area contributed by atoms with Crippen LogP contribution in [0.2, 0.25) is 0 Å². The number of esters is 1. The summed E-state index contributed by atoms with van der Waals surface area (Å²) in [4.78, 5) is 28.2. The van der Waals surface area contributed by atoms with Gasteiger partial charge in [0.1, 0.15) is 6.61 Å². The monoisotopic (exact) mass is 549 g/mol. The zero-order valence-corrected chi connectivity index (χ0v) is 24.7. The van der Waals surface area contributed by atoms with Gasteiger partial charge >= 0.3 is 12.1 Å². The lowest BCUT2D eigenvalue weighted by Gasteiger charge is -2.30. The molecule has 1 amide bonds. The second-order valence-corrected chi connectivity index (χ2v) is 11.6. The molecule has 0 bridgehead atoms. The van der Waals surface area contributed by atoms with Crippen LogP contribution in [0, 0.1) is 19.8 Å². The summed E-state index contributed by atoms with van der Waals surface area (Å²) in [6.07, 6.45) is 5.07. The second-order valence-electron chi connectivity index (χ2n) is 11.6. The van der Waals surface area contributed by atoms with E-state index in [-0.39, 0.29) is 19.3 Å². The number of rotatable bonds is 8. The van der Waals surface area contributed by atoms with Gasteiger partial charge in [-0.05, 0) is 93.7 Å². The van der Waals surface area contributed by atoms with Crippen LogP contribution in [0.3, 0.4) is 0 Å². The molecule has 4 rings (SSSR count). The lowest BCUT2D eigenvalue weighted by molar-refractivity contribution is -0.166. The third-order valence-corrected chi connectivity index (χ3v) is 7.56. The number of amides is 1. The molecule has 0 spiro atoms. The minimum absolute atomic E-state index is 0.221. The van der Waals surface area contributed by atoms with Crippen molar-refractivity contribution in [1.82, 2.24) is 4.90 Å². The number of carbonyl (C=O) groups is 2. The fourth-order valence-corrected chi connectivity index (χ4v) is 5.48. The summed E-state index contributed by atoms with van der Waals surface area (Å²) >= 11 is 0. The Labute approximate surface area is 238 Å². The first-order valence-electron chi connectivity index (χ1n) is 14.3. The Bertz CT molecular complexity index is 1220. The van der Waals surface area contributed by atoms with Crippen molar-refractivity contribution < 1.29 is 28.5 Å². The van der Waals surface area contributed by atoms with Crippen LogP contribution < -0.4 is 0 Å². The lowest BCUT2D eigenvalue weighted by atomic mass is 9.85. The highest BCUT2D eigenvalue weighted by atomic mass is 16.6. The van der Waals surface area contributed by atoms with Crippen molar-refractivity contribution in [3.8, 4) is 0 Å². The Hall–Kier alpha value is -3.16. The summed E-state index contributed by atoms with van der Waals surface area (Å²) in [7, 11) is 0. The number of hydrogen-bond acceptors (Lipinski definition) is 6. The van der Waals surface area contributed by atoms with Gasteiger partial charge in [0.15, 0.2) is 6.10 Å². The fraction of sp³-hybridized carbons (Fsp3) is 0.515. The average molecular weight is 550 g/mol. The van der Waals surface area contributed by atoms with Gasteiger partial charge in [-0.15, -0.1) is 0 Å². The van der Waals surface area contributed by atoms with Gasteiger partial charge in [-0.2, -0.15) is 0 Å². The highest BCUT2D eigenvalue weighted by Gasteiger charge is 2.36. The van der Waals surface area contributed by atoms with E-state index >= 15 is 0 Å². The quantitative estimate of drug-likeness (QED) is 0.337. The number of nitrogens with zero attached hydrogens (tertiary/aromatic N) is 1. The first-order chi connectivity index (χ1) is 19.1. The highest BCUT2D eigenvalue weighted by molar-refractivity contribution is 5.81. The largest absolute Gasteiger partial charge is 0.464 e. The minimum atomic E-state index is -0.891. The van der Waals surface area contributed by atoms with Crippen molar-refractivity contribution in [2.45, 2.75) is 85.8 Å². The number of fused-ring (bicyclic) bond motifs is 1. The Balaban J connectivity index is 1.72. The molecule has 7 heteroatoms. The smallest absolute Gasteiger partial charge is 0.410 e. The number of carbonyl (C=O) groups excluding carboxylic acids is 2. The standard InChI is InChI=1S/C33H43NO6/c1-7-38-31(35)30(40-33(4,5)6)29-23(3)28-20-34(32(36)39-21-25-11-9-8-10-12-25)19-27(28)22(2)26(29)14-13-24-15-17-37-18-16-24/h8-14,24,30H,7,15-21H2,1-6H3/b14-13+/t30-/m0/s1. The van der Waals surface area contributed by atoms with Gasteiger partial charge in [0, 0.05) is 31.9 Å². The maximum Gasteiger partial charge on any atom is 0.410 e. The Kier molecular flexibility index (Phi) is 9.69. The summed E-state index contributed by atoms with van der Waals surface area (Å²) < 4.78 is 23.1. The van der Waals surface area contributed by atoms with E-state index in [0.717, 1.165) is 65.0 Å². The summed E-state index contributed by atoms with van der Waals surface area (Å²) in [6, 6.07) is 9.67. The van der Waals surface area contributed by atoms with Gasteiger partial charge in [-0.3, -0.25) is 4.90 Å². The van der Waals surface area contributed by atoms with Gasteiger partial charge in [0.05, 0.1) is 12.2 Å². The van der Waals surface area contributed by atoms with Crippen LogP contribution in [0.15, 0.2) is 36.4 Å². The first-order valence-corrected chi connectivity index (χ1v) is 14.3. The molecule has 0 saturated carbocycles. The van der Waals surface area contributed by atoms with Crippen molar-refractivity contribution >= 4 is 18.1 Å². The van der Waals surface area contributed by atoms with E-state index in [1.54, 1.807) is 11.8 Å². The number of allylic oxidation sites excluding steroid dienone is 1. The Morgan fingerprint density at radius 1 is 1.02 bits per heavy atom. The van der Waals surface area contributed by atoms with Crippen molar-refractivity contribution in [1.29, 1.82) is 0 Å². The van der Waals surface area contributed by atoms with Crippen LogP contribution in [0.25, 0.3) is 6.08 Å². The first kappa shape index (κ1) is 29.8. The SMILES string of the molecule is CCOC(=O)[C@@H](OC(C)(C)C)c1c(C)c2c(c(C)c1/C=C/C1CCOCC1)CN(C(=O)OCc1ccccc1)C2. The van der Waals surface area contributed by atoms with Crippen molar-refractivity contribution in [2.24, 2.45) is 5.92 Å². The molecule has 1 fully saturated rings. The molecule has 2 aromatic carbocycles. The van der Waals surface area contributed by atoms with Crippen molar-refractivity contribution in [3.05, 3.63) is 75.4 Å². The van der Waals surface area contributed by atoms with E-state index in [1.165, 1.54) is 0 Å². The maximum atomic E-state index is 13.4. The Morgan fingerprint density at radius 3 is 2.30 bits per heavy atom. The summed E-state index contributed by atoms with van der Waals surface area (Å²) in [6.45, 7) is 14.6. The number of benzene rings is 2. The molecule has 216 valence electrons. The molecular weight excluding hydrogens is 506 g/mol. The molecule has 2 aromatic rings. The molecule has 2 heterocycles. The van der Waals surface area contributed by atoms with E-state index < -0.39 is 17.7 Å². The summed E-state index contributed by atoms with van der Waals surface area (Å²) in [5, 5.41) is 0. The van der Waals surface area contributed by atoms with E-state index in [2.05, 4.69) is 19.1 Å². The van der Waals surface area contributed by atoms with Gasteiger partial charge < -0.3 is 18.9 Å². The molecule has 0 N–H and O–H groups in total. The van der Waals surface area contributed by atoms with Gasteiger partial charge in [0.2, 0.25) is 0 Å². The van der Waals surface area contributed by atoms with Crippen molar-refractivity contribution in [2.75, 3.05) is 19.8 Å². The van der Waals surface area contributed by atoms with Gasteiger partial charge in [0.25, 0.3) is 0 Å². The predicted molar refractivity (Wildman–Crippen MR) is 155 cm³/mol. The van der Waals surface area contributed by atoms with Gasteiger partial charge in [-0.25, -0.2) is 9.59 Å². The molecule has 0 radical (unpaired) electrons. The molecule has 2 aliphatic heterocycles. The van der Waals surface area contributed by atoms with Crippen LogP contribution in [0.5, 0.6) is 0 Å². The third-order valence-electron chi connectivity index (χ3n) is 7.56. The highest BCUT2D eigenvalue weighted by Crippen LogP contribution is 2.40. The molecule has 0 aliphatic carbocycles. The molecule has 0 unspecified atom stereocenters. The summed E-state index contributed by atoms with van der Waals surface area (Å²) in [5.41, 5.74) is 6.28. The topological polar surface area (TPSA) is 74.3 Å². The normalized spacial score (nSPS) is 16.7. The molecule has 7 nitrogen and oxygen atoms in total. The van der Waals surface area contributed by atoms with E-state index in [0.29, 0.717) is 19.0 Å². The van der Waals surface area contributed by atoms with Gasteiger partial charge in [-0.1, -0.05) is 42.5 Å². The molecule has 1 atom stereocenters. The maximum absolute atomic E-state index is 13.4. The van der Waals surface area contributed by atoms with Crippen molar-refractivity contribution in [3.63, 3.8) is 0 Å². The van der Waals surface area contributed by atoms with Crippen LogP contribution in [-0.2, 0) is 43.4 Å². The zero-order chi connectivity index (χ0) is 28.9. The average Bonchev–Trinajstić information content (AvgIpc) is 3.39. The van der Waals surface area contributed by atoms with Crippen LogP contribution >= 0.6 is 0 Å². The number of hydrogen-bond donors (Lipinski definition) is 0. The van der Waals surface area contributed by atoms with E-state index in [1.807, 2.05) is 58.0 Å². The Morgan fingerprint density at radius 2 is 1.68 bits per heavy atom.